The summed E-state index contributed by atoms with van der Waals surface area (Å²) in [5, 5.41) is 0.584. The summed E-state index contributed by atoms with van der Waals surface area (Å²) in [4.78, 5) is 36.8. The van der Waals surface area contributed by atoms with Gasteiger partial charge in [0.25, 0.3) is 0 Å². The van der Waals surface area contributed by atoms with Crippen LogP contribution in [0.15, 0.2) is 49.1 Å². The summed E-state index contributed by atoms with van der Waals surface area (Å²) in [7, 11) is 0. The van der Waals surface area contributed by atoms with Crippen LogP contribution >= 0.6 is 11.6 Å². The van der Waals surface area contributed by atoms with Crippen molar-refractivity contribution in [3.8, 4) is 0 Å². The number of carbonyl (C=O) groups excluding carboxylic acids is 3. The second-order valence-electron chi connectivity index (χ2n) is 10.6. The Bertz CT molecular complexity index is 1240. The Labute approximate surface area is 263 Å². The molecule has 1 heterocycles. The Morgan fingerprint density at radius 3 is 2.07 bits per heavy atom. The van der Waals surface area contributed by atoms with Crippen LogP contribution in [0.2, 0.25) is 5.02 Å². The Hall–Kier alpha value is -3.25. The highest BCUT2D eigenvalue weighted by Gasteiger charge is 2.24. The van der Waals surface area contributed by atoms with Gasteiger partial charge in [-0.25, -0.2) is 4.39 Å². The van der Waals surface area contributed by atoms with Gasteiger partial charge in [-0.2, -0.15) is 0 Å². The Morgan fingerprint density at radius 2 is 1.60 bits per heavy atom. The van der Waals surface area contributed by atoms with E-state index in [9.17, 15) is 18.8 Å². The number of ketones is 2. The number of halogens is 2. The number of esters is 1. The van der Waals surface area contributed by atoms with E-state index in [0.717, 1.165) is 60.3 Å². The van der Waals surface area contributed by atoms with Gasteiger partial charge in [-0.3, -0.25) is 14.4 Å². The van der Waals surface area contributed by atoms with Crippen LogP contribution in [0.25, 0.3) is 11.3 Å². The molecule has 0 spiro atoms. The van der Waals surface area contributed by atoms with Crippen molar-refractivity contribution in [1.82, 2.24) is 4.90 Å². The van der Waals surface area contributed by atoms with Crippen molar-refractivity contribution in [3.05, 3.63) is 82.1 Å². The zero-order valence-electron chi connectivity index (χ0n) is 27.0. The molecule has 1 aliphatic heterocycles. The minimum Gasteiger partial charge on any atom is -0.466 e. The highest BCUT2D eigenvalue weighted by molar-refractivity contribution is 6.53. The van der Waals surface area contributed by atoms with Crippen molar-refractivity contribution in [2.45, 2.75) is 87.0 Å². The molecule has 1 aliphatic rings. The van der Waals surface area contributed by atoms with Crippen LogP contribution in [0.5, 0.6) is 0 Å². The number of piperidine rings is 1. The molecule has 0 bridgehead atoms. The maximum Gasteiger partial charge on any atom is 0.305 e. The van der Waals surface area contributed by atoms with Gasteiger partial charge in [-0.05, 0) is 86.4 Å². The highest BCUT2D eigenvalue weighted by Crippen LogP contribution is 2.34. The SMILES string of the molecule is C=C(c1cc(/C(=C\CC)C(=O)C(C)=O)c(C)cc1Cl)N1CCC(Cc2ccc(F)cc2)CC1.CCC.CCOC(=O)CC. The van der Waals surface area contributed by atoms with Gasteiger partial charge in [0.1, 0.15) is 5.82 Å². The minimum absolute atomic E-state index is 0.123. The number of ether oxygens (including phenoxy) is 1. The van der Waals surface area contributed by atoms with E-state index in [4.69, 9.17) is 11.6 Å². The molecule has 2 aromatic rings. The average Bonchev–Trinajstić information content (AvgIpc) is 2.98. The first kappa shape index (κ1) is 37.8. The molecule has 0 radical (unpaired) electrons. The Kier molecular flexibility index (Phi) is 17.4. The maximum absolute atomic E-state index is 13.2. The molecule has 0 aliphatic carbocycles. The number of rotatable bonds is 10. The lowest BCUT2D eigenvalue weighted by Gasteiger charge is -2.35. The standard InChI is InChI=1S/C28H31ClFNO2.C5H10O2.C3H8/c1-5-6-24(28(33)20(4)32)25-17-26(27(29)15-18(25)2)19(3)31-13-11-22(12-14-31)16-21-7-9-23(30)10-8-21;1-3-5(6)7-4-2;1-3-2/h6-10,15,17,22H,3,5,11-14,16H2,1-2,4H3;3-4H2,1-2H3;3H2,1-2H3/b24-6+;;. The summed E-state index contributed by atoms with van der Waals surface area (Å²) >= 11 is 6.60. The number of aryl methyl sites for hydroxylation is 1. The zero-order valence-corrected chi connectivity index (χ0v) is 27.8. The van der Waals surface area contributed by atoms with E-state index in [1.165, 1.54) is 25.5 Å². The van der Waals surface area contributed by atoms with Gasteiger partial charge in [0.15, 0.2) is 5.78 Å². The molecule has 2 aromatic carbocycles. The van der Waals surface area contributed by atoms with Crippen LogP contribution in [-0.2, 0) is 25.5 Å². The lowest BCUT2D eigenvalue weighted by Crippen LogP contribution is -2.33. The predicted octanol–water partition coefficient (Wildman–Crippen LogP) is 9.04. The number of hydrogen-bond acceptors (Lipinski definition) is 5. The molecule has 0 N–H and O–H groups in total. The number of nitrogens with zero attached hydrogens (tertiary/aromatic N) is 1. The maximum atomic E-state index is 13.2. The van der Waals surface area contributed by atoms with Gasteiger partial charge in [-0.1, -0.05) is 70.5 Å². The topological polar surface area (TPSA) is 63.7 Å². The van der Waals surface area contributed by atoms with E-state index in [0.29, 0.717) is 36.0 Å². The molecular weight excluding hydrogens is 565 g/mol. The van der Waals surface area contributed by atoms with Gasteiger partial charge in [-0.15, -0.1) is 0 Å². The van der Waals surface area contributed by atoms with Crippen molar-refractivity contribution >= 4 is 40.4 Å². The third-order valence-electron chi connectivity index (χ3n) is 6.92. The van der Waals surface area contributed by atoms with Crippen LogP contribution in [0.4, 0.5) is 4.39 Å². The summed E-state index contributed by atoms with van der Waals surface area (Å²) < 4.78 is 17.7. The summed E-state index contributed by atoms with van der Waals surface area (Å²) in [6, 6.07) is 10.5. The molecule has 236 valence electrons. The van der Waals surface area contributed by atoms with E-state index >= 15 is 0 Å². The molecule has 0 saturated carbocycles. The lowest BCUT2D eigenvalue weighted by atomic mass is 9.89. The first-order valence-electron chi connectivity index (χ1n) is 15.3. The van der Waals surface area contributed by atoms with E-state index in [2.05, 4.69) is 30.1 Å². The molecule has 5 nitrogen and oxygen atoms in total. The summed E-state index contributed by atoms with van der Waals surface area (Å²) in [5.74, 6) is -0.757. The summed E-state index contributed by atoms with van der Waals surface area (Å²) in [6.45, 7) is 19.5. The first-order valence-corrected chi connectivity index (χ1v) is 15.7. The quantitative estimate of drug-likeness (QED) is 0.152. The number of Topliss-reactive ketones (excluding diaryl/α,β-unsaturated/α-hetero) is 2. The number of benzene rings is 2. The third-order valence-corrected chi connectivity index (χ3v) is 7.23. The lowest BCUT2D eigenvalue weighted by molar-refractivity contribution is -0.142. The molecule has 0 atom stereocenters. The number of likely N-dealkylation sites (tertiary alicyclic amines) is 1. The Morgan fingerprint density at radius 1 is 1.02 bits per heavy atom. The average molecular weight is 614 g/mol. The number of allylic oxidation sites excluding steroid dienone is 2. The van der Waals surface area contributed by atoms with Crippen LogP contribution in [0, 0.1) is 18.7 Å². The van der Waals surface area contributed by atoms with Gasteiger partial charge in [0, 0.05) is 43.3 Å². The van der Waals surface area contributed by atoms with Crippen molar-refractivity contribution < 1.29 is 23.5 Å². The fourth-order valence-corrected chi connectivity index (χ4v) is 5.02. The highest BCUT2D eigenvalue weighted by atomic mass is 35.5. The molecule has 1 saturated heterocycles. The summed E-state index contributed by atoms with van der Waals surface area (Å²) in [6.07, 6.45) is 7.14. The van der Waals surface area contributed by atoms with E-state index in [1.807, 2.05) is 38.1 Å². The van der Waals surface area contributed by atoms with Crippen LogP contribution < -0.4 is 0 Å². The van der Waals surface area contributed by atoms with E-state index in [1.54, 1.807) is 19.9 Å². The zero-order chi connectivity index (χ0) is 32.5. The normalized spacial score (nSPS) is 13.2. The second kappa shape index (κ2) is 19.8. The molecule has 0 aromatic heterocycles. The van der Waals surface area contributed by atoms with Crippen LogP contribution in [0.1, 0.15) is 95.9 Å². The monoisotopic (exact) mass is 613 g/mol. The molecule has 1 fully saturated rings. The van der Waals surface area contributed by atoms with Crippen molar-refractivity contribution in [2.24, 2.45) is 5.92 Å². The van der Waals surface area contributed by atoms with Crippen molar-refractivity contribution in [1.29, 1.82) is 0 Å². The molecular formula is C36H49ClFNO4. The van der Waals surface area contributed by atoms with Gasteiger partial charge < -0.3 is 9.64 Å². The molecule has 3 rings (SSSR count). The van der Waals surface area contributed by atoms with Gasteiger partial charge in [0.05, 0.1) is 11.6 Å². The van der Waals surface area contributed by atoms with Gasteiger partial charge >= 0.3 is 5.97 Å². The first-order chi connectivity index (χ1) is 20.4. The fraction of sp³-hybridized carbons (Fsp3) is 0.472. The third kappa shape index (κ3) is 12.5. The molecule has 0 amide bonds. The largest absolute Gasteiger partial charge is 0.466 e. The molecule has 43 heavy (non-hydrogen) atoms. The summed E-state index contributed by atoms with van der Waals surface area (Å²) in [5.41, 5.74) is 4.77. The smallest absolute Gasteiger partial charge is 0.305 e. The van der Waals surface area contributed by atoms with Crippen LogP contribution in [-0.4, -0.2) is 42.1 Å². The van der Waals surface area contributed by atoms with Crippen molar-refractivity contribution in [3.63, 3.8) is 0 Å². The van der Waals surface area contributed by atoms with Crippen molar-refractivity contribution in [2.75, 3.05) is 19.7 Å². The number of hydrogen-bond donors (Lipinski definition) is 0. The fourth-order valence-electron chi connectivity index (χ4n) is 4.70. The van der Waals surface area contributed by atoms with Gasteiger partial charge in [0.2, 0.25) is 5.78 Å². The molecule has 7 heteroatoms. The second-order valence-corrected chi connectivity index (χ2v) is 11.0. The van der Waals surface area contributed by atoms with E-state index in [-0.39, 0.29) is 11.8 Å². The van der Waals surface area contributed by atoms with Crippen LogP contribution in [0.3, 0.4) is 0 Å². The predicted molar refractivity (Wildman–Crippen MR) is 176 cm³/mol. The number of carbonyl (C=O) groups is 3. The van der Waals surface area contributed by atoms with E-state index < -0.39 is 11.6 Å². The molecule has 0 unspecified atom stereocenters. The minimum atomic E-state index is -0.486. The Balaban J connectivity index is 0.000000799.